The molecule has 0 bridgehead atoms. The van der Waals surface area contributed by atoms with Crippen molar-refractivity contribution in [3.63, 3.8) is 0 Å². The SMILES string of the molecule is c1ccc2cc3c(cc2c1)oc1c(-c2cc(-c4cc5ccccc5c5c4oc4cc6ccccc6cc45)ncn2)cc2ccccc2c13. The Morgan fingerprint density at radius 3 is 1.21 bits per heavy atom. The number of nitrogens with zero attached hydrogens (tertiary/aromatic N) is 2. The van der Waals surface area contributed by atoms with Crippen molar-refractivity contribution >= 4 is 87.0 Å². The van der Waals surface area contributed by atoms with E-state index in [-0.39, 0.29) is 0 Å². The van der Waals surface area contributed by atoms with E-state index in [1.165, 1.54) is 10.8 Å². The second-order valence-corrected chi connectivity index (χ2v) is 12.6. The van der Waals surface area contributed by atoms with E-state index in [2.05, 4.69) is 140 Å². The third-order valence-electron chi connectivity index (χ3n) is 9.88. The molecule has 0 amide bonds. The summed E-state index contributed by atoms with van der Waals surface area (Å²) < 4.78 is 13.5. The second-order valence-electron chi connectivity index (χ2n) is 12.6. The molecule has 4 nitrogen and oxygen atoms in total. The molecule has 11 rings (SSSR count). The first kappa shape index (κ1) is 25.6. The summed E-state index contributed by atoms with van der Waals surface area (Å²) in [5.41, 5.74) is 6.82. The van der Waals surface area contributed by atoms with E-state index in [0.29, 0.717) is 0 Å². The first-order chi connectivity index (χ1) is 23.8. The van der Waals surface area contributed by atoms with Crippen molar-refractivity contribution in [3.8, 4) is 22.5 Å². The van der Waals surface area contributed by atoms with Crippen LogP contribution in [0.25, 0.3) is 109 Å². The Kier molecular flexibility index (Phi) is 5.08. The van der Waals surface area contributed by atoms with Gasteiger partial charge in [0.05, 0.1) is 11.4 Å². The quantitative estimate of drug-likeness (QED) is 0.195. The zero-order chi connectivity index (χ0) is 31.3. The predicted molar refractivity (Wildman–Crippen MR) is 197 cm³/mol. The van der Waals surface area contributed by atoms with Crippen LogP contribution in [-0.4, -0.2) is 9.97 Å². The molecule has 4 heteroatoms. The van der Waals surface area contributed by atoms with Gasteiger partial charge < -0.3 is 8.83 Å². The van der Waals surface area contributed by atoms with E-state index < -0.39 is 0 Å². The maximum Gasteiger partial charge on any atom is 0.145 e. The lowest BCUT2D eigenvalue weighted by Gasteiger charge is -2.09. The van der Waals surface area contributed by atoms with Gasteiger partial charge in [0.25, 0.3) is 0 Å². The average Bonchev–Trinajstić information content (AvgIpc) is 3.70. The fourth-order valence-electron chi connectivity index (χ4n) is 7.65. The molecule has 48 heavy (non-hydrogen) atoms. The van der Waals surface area contributed by atoms with E-state index in [0.717, 1.165) is 98.7 Å². The third kappa shape index (κ3) is 3.60. The van der Waals surface area contributed by atoms with Crippen LogP contribution in [0.2, 0.25) is 0 Å². The highest BCUT2D eigenvalue weighted by Crippen LogP contribution is 2.44. The number of fused-ring (bicyclic) bond motifs is 12. The number of furan rings is 2. The highest BCUT2D eigenvalue weighted by atomic mass is 16.3. The zero-order valence-corrected chi connectivity index (χ0v) is 25.6. The Balaban J connectivity index is 1.20. The van der Waals surface area contributed by atoms with Gasteiger partial charge in [0.2, 0.25) is 0 Å². The van der Waals surface area contributed by atoms with Gasteiger partial charge in [0, 0.05) is 32.7 Å². The molecule has 0 atom stereocenters. The number of benzene rings is 8. The van der Waals surface area contributed by atoms with Crippen LogP contribution in [-0.2, 0) is 0 Å². The van der Waals surface area contributed by atoms with Crippen LogP contribution in [0.1, 0.15) is 0 Å². The molecule has 0 aliphatic carbocycles. The van der Waals surface area contributed by atoms with Crippen LogP contribution in [0.3, 0.4) is 0 Å². The normalized spacial score (nSPS) is 12.2. The standard InChI is InChI=1S/C44H24N2O2/c1-3-11-27-21-39-35(17-25(27)9-1)41-31-15-7-5-13-29(31)19-33(43(41)47-39)37-23-38(46-24-45-37)34-20-30-14-6-8-16-32(30)42-36-18-26-10-2-4-12-28(26)22-40(36)48-44(34)42/h1-24H. The molecule has 8 aromatic carbocycles. The Hall–Kier alpha value is -6.52. The van der Waals surface area contributed by atoms with Crippen molar-refractivity contribution in [2.24, 2.45) is 0 Å². The van der Waals surface area contributed by atoms with E-state index in [9.17, 15) is 0 Å². The number of rotatable bonds is 2. The molecule has 0 radical (unpaired) electrons. The Labute approximate surface area is 273 Å². The lowest BCUT2D eigenvalue weighted by Crippen LogP contribution is -1.91. The molecule has 11 aromatic rings. The Morgan fingerprint density at radius 2 is 0.750 bits per heavy atom. The van der Waals surface area contributed by atoms with Gasteiger partial charge in [-0.1, -0.05) is 97.1 Å². The van der Waals surface area contributed by atoms with Gasteiger partial charge in [-0.3, -0.25) is 0 Å². The van der Waals surface area contributed by atoms with Gasteiger partial charge in [0.1, 0.15) is 28.7 Å². The smallest absolute Gasteiger partial charge is 0.145 e. The third-order valence-corrected chi connectivity index (χ3v) is 9.88. The fraction of sp³-hybridized carbons (Fsp3) is 0. The number of aromatic nitrogens is 2. The zero-order valence-electron chi connectivity index (χ0n) is 25.6. The first-order valence-corrected chi connectivity index (χ1v) is 16.1. The molecular formula is C44H24N2O2. The molecule has 222 valence electrons. The molecule has 3 aromatic heterocycles. The van der Waals surface area contributed by atoms with Crippen molar-refractivity contribution in [1.82, 2.24) is 9.97 Å². The lowest BCUT2D eigenvalue weighted by atomic mass is 9.96. The van der Waals surface area contributed by atoms with Crippen molar-refractivity contribution in [2.45, 2.75) is 0 Å². The molecule has 0 aliphatic rings. The van der Waals surface area contributed by atoms with Gasteiger partial charge in [-0.05, 0) is 85.6 Å². The van der Waals surface area contributed by atoms with Crippen molar-refractivity contribution in [3.05, 3.63) is 146 Å². The molecule has 0 unspecified atom stereocenters. The maximum atomic E-state index is 6.73. The van der Waals surface area contributed by atoms with Crippen LogP contribution in [0.5, 0.6) is 0 Å². The maximum absolute atomic E-state index is 6.73. The predicted octanol–water partition coefficient (Wildman–Crippen LogP) is 12.2. The molecule has 0 saturated heterocycles. The largest absolute Gasteiger partial charge is 0.455 e. The number of hydrogen-bond acceptors (Lipinski definition) is 4. The topological polar surface area (TPSA) is 52.1 Å². The summed E-state index contributed by atoms with van der Waals surface area (Å²) in [5.74, 6) is 0. The van der Waals surface area contributed by atoms with Gasteiger partial charge in [-0.25, -0.2) is 9.97 Å². The summed E-state index contributed by atoms with van der Waals surface area (Å²) in [6, 6.07) is 49.1. The van der Waals surface area contributed by atoms with E-state index in [1.807, 2.05) is 0 Å². The summed E-state index contributed by atoms with van der Waals surface area (Å²) in [4.78, 5) is 9.68. The minimum absolute atomic E-state index is 0.794. The van der Waals surface area contributed by atoms with Crippen LogP contribution < -0.4 is 0 Å². The van der Waals surface area contributed by atoms with Crippen LogP contribution in [0, 0.1) is 0 Å². The number of hydrogen-bond donors (Lipinski definition) is 0. The fourth-order valence-corrected chi connectivity index (χ4v) is 7.65. The molecule has 0 N–H and O–H groups in total. The van der Waals surface area contributed by atoms with Gasteiger partial charge in [0.15, 0.2) is 0 Å². The van der Waals surface area contributed by atoms with E-state index in [1.54, 1.807) is 6.33 Å². The summed E-state index contributed by atoms with van der Waals surface area (Å²) in [6.45, 7) is 0. The molecule has 0 aliphatic heterocycles. The molecule has 0 saturated carbocycles. The monoisotopic (exact) mass is 612 g/mol. The highest BCUT2D eigenvalue weighted by molar-refractivity contribution is 6.25. The molecule has 0 fully saturated rings. The molecule has 0 spiro atoms. The van der Waals surface area contributed by atoms with Crippen molar-refractivity contribution in [1.29, 1.82) is 0 Å². The lowest BCUT2D eigenvalue weighted by molar-refractivity contribution is 0.670. The van der Waals surface area contributed by atoms with Crippen molar-refractivity contribution < 1.29 is 8.83 Å². The summed E-state index contributed by atoms with van der Waals surface area (Å²) in [5, 5.41) is 13.7. The molecule has 3 heterocycles. The summed E-state index contributed by atoms with van der Waals surface area (Å²) in [6.07, 6.45) is 1.65. The van der Waals surface area contributed by atoms with Crippen LogP contribution in [0.4, 0.5) is 0 Å². The minimum Gasteiger partial charge on any atom is -0.455 e. The highest BCUT2D eigenvalue weighted by Gasteiger charge is 2.21. The van der Waals surface area contributed by atoms with Crippen molar-refractivity contribution in [2.75, 3.05) is 0 Å². The van der Waals surface area contributed by atoms with E-state index >= 15 is 0 Å². The average molecular weight is 613 g/mol. The molecular weight excluding hydrogens is 588 g/mol. The van der Waals surface area contributed by atoms with Crippen LogP contribution >= 0.6 is 0 Å². The van der Waals surface area contributed by atoms with Gasteiger partial charge in [-0.2, -0.15) is 0 Å². The van der Waals surface area contributed by atoms with Crippen LogP contribution in [0.15, 0.2) is 155 Å². The second kappa shape index (κ2) is 9.50. The van der Waals surface area contributed by atoms with E-state index in [4.69, 9.17) is 18.8 Å². The van der Waals surface area contributed by atoms with Gasteiger partial charge >= 0.3 is 0 Å². The Bertz CT molecular complexity index is 2920. The summed E-state index contributed by atoms with van der Waals surface area (Å²) >= 11 is 0. The summed E-state index contributed by atoms with van der Waals surface area (Å²) in [7, 11) is 0. The Morgan fingerprint density at radius 1 is 0.354 bits per heavy atom. The first-order valence-electron chi connectivity index (χ1n) is 16.1. The minimum atomic E-state index is 0.794. The van der Waals surface area contributed by atoms with Gasteiger partial charge in [-0.15, -0.1) is 0 Å².